The Morgan fingerprint density at radius 1 is 1.20 bits per heavy atom. The van der Waals surface area contributed by atoms with Crippen LogP contribution in [0.25, 0.3) is 16.4 Å². The molecule has 0 aliphatic rings. The normalized spacial score (nSPS) is 11.6. The van der Waals surface area contributed by atoms with Crippen molar-refractivity contribution < 1.29 is 0 Å². The first-order valence-electron chi connectivity index (χ1n) is 4.52. The van der Waals surface area contributed by atoms with Crippen LogP contribution >= 0.6 is 11.3 Å². The summed E-state index contributed by atoms with van der Waals surface area (Å²) in [5.41, 5.74) is 0.466. The average molecular weight is 222 g/mol. The number of fused-ring (bicyclic) bond motifs is 1. The third kappa shape index (κ3) is 1.55. The van der Waals surface area contributed by atoms with Gasteiger partial charge in [0.25, 0.3) is 0 Å². The monoisotopic (exact) mass is 222 g/mol. The van der Waals surface area contributed by atoms with Crippen molar-refractivity contribution in [3.8, 4) is 0 Å². The van der Waals surface area contributed by atoms with Gasteiger partial charge in [0.2, 0.25) is 0 Å². The predicted molar refractivity (Wildman–Crippen MR) is 62.5 cm³/mol. The number of aromatic amines is 2. The number of rotatable bonds is 1. The van der Waals surface area contributed by atoms with E-state index in [9.17, 15) is 9.59 Å². The Bertz CT molecular complexity index is 645. The van der Waals surface area contributed by atoms with Crippen LogP contribution in [0.2, 0.25) is 0 Å². The molecule has 0 saturated carbocycles. The lowest BCUT2D eigenvalue weighted by atomic mass is 10.2. The molecule has 0 fully saturated rings. The van der Waals surface area contributed by atoms with Gasteiger partial charge in [-0.3, -0.25) is 9.59 Å². The fourth-order valence-electron chi connectivity index (χ4n) is 1.47. The molecule has 4 nitrogen and oxygen atoms in total. The summed E-state index contributed by atoms with van der Waals surface area (Å²) in [5.74, 6) is 0. The fraction of sp³-hybridized carbons (Fsp3) is 0.200. The van der Waals surface area contributed by atoms with Crippen LogP contribution in [0, 0.1) is 6.92 Å². The lowest BCUT2D eigenvalue weighted by Crippen LogP contribution is -2.28. The molecule has 2 aromatic heterocycles. The molecule has 2 rings (SSSR count). The minimum atomic E-state index is -0.606. The molecule has 5 heteroatoms. The van der Waals surface area contributed by atoms with Crippen LogP contribution in [0.4, 0.5) is 0 Å². The van der Waals surface area contributed by atoms with Crippen molar-refractivity contribution in [2.75, 3.05) is 0 Å². The van der Waals surface area contributed by atoms with Crippen molar-refractivity contribution in [3.63, 3.8) is 0 Å². The number of H-pyrrole nitrogens is 2. The van der Waals surface area contributed by atoms with Crippen molar-refractivity contribution in [3.05, 3.63) is 37.2 Å². The summed E-state index contributed by atoms with van der Waals surface area (Å²) in [6.07, 6.45) is 3.82. The summed E-state index contributed by atoms with van der Waals surface area (Å²) in [6, 6.07) is 0. The molecule has 0 spiro atoms. The van der Waals surface area contributed by atoms with Crippen molar-refractivity contribution in [1.29, 1.82) is 0 Å². The Balaban J connectivity index is 2.93. The highest BCUT2D eigenvalue weighted by atomic mass is 32.1. The van der Waals surface area contributed by atoms with E-state index in [1.165, 1.54) is 11.3 Å². The van der Waals surface area contributed by atoms with Gasteiger partial charge in [0.05, 0.1) is 5.52 Å². The summed E-state index contributed by atoms with van der Waals surface area (Å²) in [7, 11) is 0. The highest BCUT2D eigenvalue weighted by Gasteiger charge is 2.08. The number of aromatic nitrogens is 2. The predicted octanol–water partition coefficient (Wildman–Crippen LogP) is 1.62. The fourth-order valence-corrected chi connectivity index (χ4v) is 2.46. The second-order valence-corrected chi connectivity index (χ2v) is 4.41. The Hall–Kier alpha value is -1.62. The second kappa shape index (κ2) is 3.51. The first-order chi connectivity index (χ1) is 7.13. The zero-order valence-electron chi connectivity index (χ0n) is 8.38. The maximum Gasteiger partial charge on any atom is 0.314 e. The number of allylic oxidation sites excluding steroid dienone is 1. The molecule has 2 heterocycles. The van der Waals surface area contributed by atoms with E-state index in [1.807, 2.05) is 26.0 Å². The molecular formula is C10H10N2O2S. The maximum atomic E-state index is 11.2. The van der Waals surface area contributed by atoms with E-state index in [0.29, 0.717) is 10.3 Å². The zero-order chi connectivity index (χ0) is 11.0. The van der Waals surface area contributed by atoms with Crippen LogP contribution in [0.15, 0.2) is 15.7 Å². The van der Waals surface area contributed by atoms with Gasteiger partial charge in [-0.05, 0) is 13.8 Å². The number of hydrogen-bond donors (Lipinski definition) is 2. The molecule has 2 N–H and O–H groups in total. The van der Waals surface area contributed by atoms with Gasteiger partial charge in [-0.2, -0.15) is 0 Å². The van der Waals surface area contributed by atoms with E-state index < -0.39 is 11.1 Å². The summed E-state index contributed by atoms with van der Waals surface area (Å²) in [5, 5.41) is 0. The van der Waals surface area contributed by atoms with Crippen molar-refractivity contribution in [1.82, 2.24) is 9.97 Å². The van der Waals surface area contributed by atoms with Gasteiger partial charge >= 0.3 is 11.1 Å². The molecule has 2 aromatic rings. The van der Waals surface area contributed by atoms with Crippen LogP contribution in [-0.4, -0.2) is 9.97 Å². The van der Waals surface area contributed by atoms with Gasteiger partial charge in [-0.1, -0.05) is 12.2 Å². The molecule has 78 valence electrons. The maximum absolute atomic E-state index is 11.2. The second-order valence-electron chi connectivity index (χ2n) is 3.18. The number of thiophene rings is 1. The van der Waals surface area contributed by atoms with E-state index in [4.69, 9.17) is 0 Å². The molecule has 0 aromatic carbocycles. The first kappa shape index (κ1) is 9.92. The Morgan fingerprint density at radius 2 is 1.87 bits per heavy atom. The third-order valence-corrected chi connectivity index (χ3v) is 3.17. The molecule has 0 radical (unpaired) electrons. The lowest BCUT2D eigenvalue weighted by molar-refractivity contribution is 1.16. The minimum Gasteiger partial charge on any atom is -0.315 e. The van der Waals surface area contributed by atoms with Crippen LogP contribution in [-0.2, 0) is 0 Å². The molecule has 0 aliphatic heterocycles. The molecule has 0 unspecified atom stereocenters. The number of nitrogens with one attached hydrogen (secondary N) is 2. The van der Waals surface area contributed by atoms with Gasteiger partial charge in [-0.15, -0.1) is 11.3 Å². The SMILES string of the molecule is C/C=C/c1c(C)sc2[nH]c(=O)c(=O)[nH]c12. The molecular weight excluding hydrogens is 212 g/mol. The van der Waals surface area contributed by atoms with E-state index >= 15 is 0 Å². The molecule has 0 bridgehead atoms. The largest absolute Gasteiger partial charge is 0.315 e. The van der Waals surface area contributed by atoms with Crippen LogP contribution in [0.5, 0.6) is 0 Å². The van der Waals surface area contributed by atoms with Crippen LogP contribution in [0.3, 0.4) is 0 Å². The highest BCUT2D eigenvalue weighted by Crippen LogP contribution is 2.27. The first-order valence-corrected chi connectivity index (χ1v) is 5.33. The van der Waals surface area contributed by atoms with Crippen molar-refractivity contribution in [2.45, 2.75) is 13.8 Å². The molecule has 0 aliphatic carbocycles. The molecule has 15 heavy (non-hydrogen) atoms. The Morgan fingerprint density at radius 3 is 2.53 bits per heavy atom. The molecule has 0 amide bonds. The van der Waals surface area contributed by atoms with E-state index in [1.54, 1.807) is 0 Å². The Kier molecular flexibility index (Phi) is 2.32. The summed E-state index contributed by atoms with van der Waals surface area (Å²) >= 11 is 1.46. The molecule has 0 atom stereocenters. The zero-order valence-corrected chi connectivity index (χ0v) is 9.20. The van der Waals surface area contributed by atoms with Gasteiger partial charge in [0, 0.05) is 10.4 Å². The van der Waals surface area contributed by atoms with Gasteiger partial charge in [0.15, 0.2) is 0 Å². The highest BCUT2D eigenvalue weighted by molar-refractivity contribution is 7.18. The minimum absolute atomic E-state index is 0.601. The summed E-state index contributed by atoms with van der Waals surface area (Å²) < 4.78 is 0. The van der Waals surface area contributed by atoms with Gasteiger partial charge in [0.1, 0.15) is 4.83 Å². The number of aryl methyl sites for hydroxylation is 1. The Labute approximate surface area is 89.3 Å². The summed E-state index contributed by atoms with van der Waals surface area (Å²) in [4.78, 5) is 29.2. The van der Waals surface area contributed by atoms with Crippen molar-refractivity contribution in [2.24, 2.45) is 0 Å². The summed E-state index contributed by atoms with van der Waals surface area (Å²) in [6.45, 7) is 3.86. The number of hydrogen-bond acceptors (Lipinski definition) is 3. The van der Waals surface area contributed by atoms with Gasteiger partial charge < -0.3 is 9.97 Å². The van der Waals surface area contributed by atoms with Crippen LogP contribution in [0.1, 0.15) is 17.4 Å². The quantitative estimate of drug-likeness (QED) is 0.720. The third-order valence-electron chi connectivity index (χ3n) is 2.14. The lowest BCUT2D eigenvalue weighted by Gasteiger charge is -1.91. The molecule has 0 saturated heterocycles. The standard InChI is InChI=1S/C10H10N2O2S/c1-3-4-6-5(2)15-10-7(6)11-8(13)9(14)12-10/h3-4H,1-2H3,(H,11,13)(H,12,14)/b4-3+. The van der Waals surface area contributed by atoms with E-state index in [-0.39, 0.29) is 0 Å². The van der Waals surface area contributed by atoms with Crippen molar-refractivity contribution >= 4 is 27.8 Å². The van der Waals surface area contributed by atoms with Gasteiger partial charge in [-0.25, -0.2) is 0 Å². The topological polar surface area (TPSA) is 65.7 Å². The van der Waals surface area contributed by atoms with E-state index in [2.05, 4.69) is 9.97 Å². The van der Waals surface area contributed by atoms with Crippen LogP contribution < -0.4 is 11.1 Å². The van der Waals surface area contributed by atoms with E-state index in [0.717, 1.165) is 10.4 Å². The smallest absolute Gasteiger partial charge is 0.314 e. The average Bonchev–Trinajstić information content (AvgIpc) is 2.46.